The minimum atomic E-state index is -1.06. The van der Waals surface area contributed by atoms with Gasteiger partial charge >= 0.3 is 5.97 Å². The van der Waals surface area contributed by atoms with E-state index in [1.165, 1.54) is 11.3 Å². The highest BCUT2D eigenvalue weighted by molar-refractivity contribution is 7.10. The van der Waals surface area contributed by atoms with Crippen LogP contribution in [0.4, 0.5) is 4.39 Å². The van der Waals surface area contributed by atoms with Crippen molar-refractivity contribution in [3.63, 3.8) is 0 Å². The standard InChI is InChI=1S/C13H10ClFN2O3S/c14-12-8(4-7(15)6-16-12)13(20)17-9(5-11(18)19)10-2-1-3-21-10/h1-4,6,9H,5H2,(H,17,20)(H,18,19). The van der Waals surface area contributed by atoms with Crippen LogP contribution in [0.3, 0.4) is 0 Å². The minimum Gasteiger partial charge on any atom is -0.481 e. The third-order valence-corrected chi connectivity index (χ3v) is 3.91. The summed E-state index contributed by atoms with van der Waals surface area (Å²) in [7, 11) is 0. The predicted molar refractivity (Wildman–Crippen MR) is 76.0 cm³/mol. The normalized spacial score (nSPS) is 11.9. The molecule has 110 valence electrons. The molecule has 0 spiro atoms. The average Bonchev–Trinajstić information content (AvgIpc) is 2.94. The van der Waals surface area contributed by atoms with Gasteiger partial charge in [-0.2, -0.15) is 0 Å². The molecular formula is C13H10ClFN2O3S. The fraction of sp³-hybridized carbons (Fsp3) is 0.154. The molecule has 1 amide bonds. The van der Waals surface area contributed by atoms with Gasteiger partial charge in [-0.25, -0.2) is 9.37 Å². The van der Waals surface area contributed by atoms with Crippen LogP contribution in [0.15, 0.2) is 29.8 Å². The summed E-state index contributed by atoms with van der Waals surface area (Å²) < 4.78 is 13.1. The molecule has 0 radical (unpaired) electrons. The van der Waals surface area contributed by atoms with E-state index in [1.807, 2.05) is 0 Å². The number of hydrogen-bond acceptors (Lipinski definition) is 4. The van der Waals surface area contributed by atoms with Crippen LogP contribution in [-0.2, 0) is 4.79 Å². The lowest BCUT2D eigenvalue weighted by Gasteiger charge is -2.15. The molecular weight excluding hydrogens is 319 g/mol. The molecule has 0 aliphatic rings. The zero-order valence-corrected chi connectivity index (χ0v) is 12.1. The molecule has 0 fully saturated rings. The molecule has 2 heterocycles. The summed E-state index contributed by atoms with van der Waals surface area (Å²) in [6.45, 7) is 0. The number of aliphatic carboxylic acids is 1. The fourth-order valence-corrected chi connectivity index (χ4v) is 2.67. The molecule has 2 aromatic rings. The molecule has 0 aliphatic heterocycles. The number of thiophene rings is 1. The molecule has 1 atom stereocenters. The third-order valence-electron chi connectivity index (χ3n) is 2.62. The van der Waals surface area contributed by atoms with Gasteiger partial charge in [-0.3, -0.25) is 9.59 Å². The quantitative estimate of drug-likeness (QED) is 0.827. The molecule has 0 saturated carbocycles. The molecule has 0 aliphatic carbocycles. The molecule has 5 nitrogen and oxygen atoms in total. The fourth-order valence-electron chi connectivity index (χ4n) is 1.70. The van der Waals surface area contributed by atoms with Crippen LogP contribution in [0, 0.1) is 5.82 Å². The van der Waals surface area contributed by atoms with Gasteiger partial charge in [-0.05, 0) is 17.5 Å². The lowest BCUT2D eigenvalue weighted by molar-refractivity contribution is -0.137. The Kier molecular flexibility index (Phi) is 4.87. The minimum absolute atomic E-state index is 0.136. The van der Waals surface area contributed by atoms with E-state index in [2.05, 4.69) is 10.3 Å². The van der Waals surface area contributed by atoms with Crippen molar-refractivity contribution < 1.29 is 19.1 Å². The van der Waals surface area contributed by atoms with Crippen LogP contribution in [0.5, 0.6) is 0 Å². The van der Waals surface area contributed by atoms with E-state index < -0.39 is 23.7 Å². The number of halogens is 2. The number of aromatic nitrogens is 1. The Balaban J connectivity index is 2.22. The second-order valence-electron chi connectivity index (χ2n) is 4.13. The SMILES string of the molecule is O=C(O)CC(NC(=O)c1cc(F)cnc1Cl)c1cccs1. The largest absolute Gasteiger partial charge is 0.481 e. The van der Waals surface area contributed by atoms with Crippen LogP contribution < -0.4 is 5.32 Å². The smallest absolute Gasteiger partial charge is 0.305 e. The van der Waals surface area contributed by atoms with Crippen LogP contribution in [0.2, 0.25) is 5.15 Å². The summed E-state index contributed by atoms with van der Waals surface area (Å²) in [6, 6.07) is 3.70. The maximum Gasteiger partial charge on any atom is 0.305 e. The van der Waals surface area contributed by atoms with Gasteiger partial charge < -0.3 is 10.4 Å². The van der Waals surface area contributed by atoms with E-state index in [4.69, 9.17) is 16.7 Å². The molecule has 1 unspecified atom stereocenters. The number of nitrogens with one attached hydrogen (secondary N) is 1. The Morgan fingerprint density at radius 2 is 2.29 bits per heavy atom. The lowest BCUT2D eigenvalue weighted by Crippen LogP contribution is -2.30. The van der Waals surface area contributed by atoms with Gasteiger partial charge in [0, 0.05) is 4.88 Å². The molecule has 21 heavy (non-hydrogen) atoms. The number of nitrogens with zero attached hydrogens (tertiary/aromatic N) is 1. The highest BCUT2D eigenvalue weighted by Crippen LogP contribution is 2.23. The van der Waals surface area contributed by atoms with Crippen LogP contribution in [0.25, 0.3) is 0 Å². The summed E-state index contributed by atoms with van der Waals surface area (Å²) >= 11 is 7.07. The summed E-state index contributed by atoms with van der Waals surface area (Å²) in [5.74, 6) is -2.43. The first-order valence-corrected chi connectivity index (χ1v) is 7.10. The van der Waals surface area contributed by atoms with Crippen LogP contribution in [0.1, 0.15) is 27.7 Å². The predicted octanol–water partition coefficient (Wildman–Crippen LogP) is 2.88. The molecule has 0 saturated heterocycles. The number of hydrogen-bond donors (Lipinski definition) is 2. The molecule has 2 aromatic heterocycles. The van der Waals surface area contributed by atoms with E-state index in [1.54, 1.807) is 17.5 Å². The number of carboxylic acid groups (broad SMARTS) is 1. The number of carbonyl (C=O) groups is 2. The molecule has 0 bridgehead atoms. The average molecular weight is 329 g/mol. The number of amides is 1. The van der Waals surface area contributed by atoms with Crippen LogP contribution >= 0.6 is 22.9 Å². The molecule has 8 heteroatoms. The Bertz CT molecular complexity index is 663. The van der Waals surface area contributed by atoms with Crippen LogP contribution in [-0.4, -0.2) is 22.0 Å². The van der Waals surface area contributed by atoms with Crippen molar-refractivity contribution in [2.24, 2.45) is 0 Å². The zero-order chi connectivity index (χ0) is 15.4. The highest BCUT2D eigenvalue weighted by Gasteiger charge is 2.21. The van der Waals surface area contributed by atoms with Gasteiger partial charge in [0.25, 0.3) is 5.91 Å². The van der Waals surface area contributed by atoms with Crippen molar-refractivity contribution in [2.45, 2.75) is 12.5 Å². The van der Waals surface area contributed by atoms with Gasteiger partial charge in [0.1, 0.15) is 11.0 Å². The number of rotatable bonds is 5. The van der Waals surface area contributed by atoms with Crippen molar-refractivity contribution in [3.05, 3.63) is 51.2 Å². The summed E-state index contributed by atoms with van der Waals surface area (Å²) in [5, 5.41) is 13.1. The lowest BCUT2D eigenvalue weighted by atomic mass is 10.1. The zero-order valence-electron chi connectivity index (χ0n) is 10.5. The van der Waals surface area contributed by atoms with Crippen molar-refractivity contribution in [1.29, 1.82) is 0 Å². The summed E-state index contributed by atoms with van der Waals surface area (Å²) in [6.07, 6.45) is 0.611. The van der Waals surface area contributed by atoms with E-state index in [0.717, 1.165) is 12.3 Å². The Morgan fingerprint density at radius 3 is 2.90 bits per heavy atom. The maximum absolute atomic E-state index is 13.1. The molecule has 2 N–H and O–H groups in total. The topological polar surface area (TPSA) is 79.3 Å². The van der Waals surface area contributed by atoms with Gasteiger partial charge in [0.2, 0.25) is 0 Å². The van der Waals surface area contributed by atoms with Crippen molar-refractivity contribution in [3.8, 4) is 0 Å². The summed E-state index contributed by atoms with van der Waals surface area (Å²) in [4.78, 5) is 27.2. The first-order valence-electron chi connectivity index (χ1n) is 5.84. The van der Waals surface area contributed by atoms with Crippen molar-refractivity contribution in [2.75, 3.05) is 0 Å². The van der Waals surface area contributed by atoms with Gasteiger partial charge in [-0.1, -0.05) is 17.7 Å². The second-order valence-corrected chi connectivity index (χ2v) is 5.47. The molecule has 2 rings (SSSR count). The van der Waals surface area contributed by atoms with Crippen molar-refractivity contribution >= 4 is 34.8 Å². The Morgan fingerprint density at radius 1 is 1.52 bits per heavy atom. The van der Waals surface area contributed by atoms with E-state index >= 15 is 0 Å². The van der Waals surface area contributed by atoms with Gasteiger partial charge in [-0.15, -0.1) is 11.3 Å². The first kappa shape index (κ1) is 15.4. The van der Waals surface area contributed by atoms with Gasteiger partial charge in [0.15, 0.2) is 0 Å². The van der Waals surface area contributed by atoms with Gasteiger partial charge in [0.05, 0.1) is 24.2 Å². The first-order chi connectivity index (χ1) is 9.97. The number of carbonyl (C=O) groups excluding carboxylic acids is 1. The Hall–Kier alpha value is -1.99. The second kappa shape index (κ2) is 6.64. The Labute approximate surface area is 128 Å². The monoisotopic (exact) mass is 328 g/mol. The maximum atomic E-state index is 13.1. The number of carboxylic acids is 1. The molecule has 0 aromatic carbocycles. The van der Waals surface area contributed by atoms with Crippen molar-refractivity contribution in [1.82, 2.24) is 10.3 Å². The number of pyridine rings is 1. The van der Waals surface area contributed by atoms with E-state index in [-0.39, 0.29) is 17.1 Å². The summed E-state index contributed by atoms with van der Waals surface area (Å²) in [5.41, 5.74) is -0.136. The van der Waals surface area contributed by atoms with E-state index in [9.17, 15) is 14.0 Å². The highest BCUT2D eigenvalue weighted by atomic mass is 35.5. The third kappa shape index (κ3) is 3.99. The van der Waals surface area contributed by atoms with E-state index in [0.29, 0.717) is 4.88 Å².